The van der Waals surface area contributed by atoms with Gasteiger partial charge in [0.05, 0.1) is 23.9 Å². The quantitative estimate of drug-likeness (QED) is 0.849. The van der Waals surface area contributed by atoms with E-state index in [2.05, 4.69) is 28.9 Å². The Hall–Kier alpha value is -1.59. The molecule has 4 bridgehead atoms. The number of rotatable bonds is 4. The lowest BCUT2D eigenvalue weighted by atomic mass is 9.52. The van der Waals surface area contributed by atoms with E-state index < -0.39 is 5.60 Å². The predicted octanol–water partition coefficient (Wildman–Crippen LogP) is 3.41. The van der Waals surface area contributed by atoms with Gasteiger partial charge in [0.25, 0.3) is 0 Å². The van der Waals surface area contributed by atoms with Crippen LogP contribution in [-0.4, -0.2) is 57.3 Å². The Morgan fingerprint density at radius 1 is 1.10 bits per heavy atom. The maximum atomic E-state index is 13.4. The topological polar surface area (TPSA) is 53.0 Å². The Balaban J connectivity index is 1.14. The van der Waals surface area contributed by atoms with Gasteiger partial charge in [-0.1, -0.05) is 30.3 Å². The van der Waals surface area contributed by atoms with Gasteiger partial charge in [0, 0.05) is 25.6 Å². The number of hydrogen-bond donors (Lipinski definition) is 1. The van der Waals surface area contributed by atoms with Gasteiger partial charge in [-0.05, 0) is 62.3 Å². The Morgan fingerprint density at radius 3 is 2.48 bits per heavy atom. The second-order valence-corrected chi connectivity index (χ2v) is 10.8. The maximum absolute atomic E-state index is 13.4. The van der Waals surface area contributed by atoms with Crippen molar-refractivity contribution in [2.75, 3.05) is 13.1 Å². The van der Waals surface area contributed by atoms with Crippen molar-refractivity contribution < 1.29 is 14.6 Å². The second kappa shape index (κ2) is 6.21. The summed E-state index contributed by atoms with van der Waals surface area (Å²) in [6.07, 6.45) is 6.22. The summed E-state index contributed by atoms with van der Waals surface area (Å²) in [7, 11) is 0. The maximum Gasteiger partial charge on any atom is 0.320 e. The zero-order chi connectivity index (χ0) is 19.8. The third-order valence-corrected chi connectivity index (χ3v) is 8.57. The summed E-state index contributed by atoms with van der Waals surface area (Å²) < 4.78 is 6.18. The highest BCUT2D eigenvalue weighted by molar-refractivity contribution is 5.79. The van der Waals surface area contributed by atoms with E-state index in [1.807, 2.05) is 18.2 Å². The number of ether oxygens (including phenoxy) is 1. The number of carbonyl (C=O) groups is 1. The highest BCUT2D eigenvalue weighted by Gasteiger charge is 2.61. The molecule has 0 spiro atoms. The van der Waals surface area contributed by atoms with E-state index in [0.29, 0.717) is 36.9 Å². The normalized spacial score (nSPS) is 45.3. The summed E-state index contributed by atoms with van der Waals surface area (Å²) in [5.41, 5.74) is 0.625. The van der Waals surface area contributed by atoms with E-state index in [0.717, 1.165) is 32.2 Å². The third-order valence-electron chi connectivity index (χ3n) is 8.57. The molecule has 1 N–H and O–H groups in total. The molecule has 3 unspecified atom stereocenters. The van der Waals surface area contributed by atoms with Crippen molar-refractivity contribution in [3.8, 4) is 0 Å². The van der Waals surface area contributed by atoms with Gasteiger partial charge >= 0.3 is 6.03 Å². The van der Waals surface area contributed by atoms with Crippen LogP contribution in [0.3, 0.4) is 0 Å². The summed E-state index contributed by atoms with van der Waals surface area (Å²) in [6.45, 7) is 4.37. The van der Waals surface area contributed by atoms with Gasteiger partial charge in [-0.2, -0.15) is 0 Å². The van der Waals surface area contributed by atoms with E-state index in [-0.39, 0.29) is 17.7 Å². The fourth-order valence-corrected chi connectivity index (χ4v) is 7.73. The molecule has 1 aromatic carbocycles. The molecule has 4 saturated carbocycles. The lowest BCUT2D eigenvalue weighted by Gasteiger charge is -2.59. The van der Waals surface area contributed by atoms with Gasteiger partial charge in [-0.15, -0.1) is 0 Å². The smallest absolute Gasteiger partial charge is 0.320 e. The fraction of sp³-hybridized carbons (Fsp3) is 0.708. The van der Waals surface area contributed by atoms with Crippen LogP contribution in [0.2, 0.25) is 0 Å². The number of hydrogen-bond acceptors (Lipinski definition) is 3. The van der Waals surface area contributed by atoms with Gasteiger partial charge in [-0.3, -0.25) is 0 Å². The van der Waals surface area contributed by atoms with Gasteiger partial charge in [0.15, 0.2) is 0 Å². The van der Waals surface area contributed by atoms with Crippen LogP contribution in [0.1, 0.15) is 51.0 Å². The Kier molecular flexibility index (Phi) is 3.90. The summed E-state index contributed by atoms with van der Waals surface area (Å²) >= 11 is 0. The molecule has 7 rings (SSSR count). The molecule has 4 aliphatic carbocycles. The molecule has 2 amide bonds. The molecule has 2 heterocycles. The standard InChI is InChI=1S/C24H32N2O3/c1-23-12-20(29-14-16-5-3-2-4-6-16)13-26(23)22(27)25(15-23)21-18-7-17-8-19(21)11-24(28,9-17)10-18/h2-6,17-21,28H,7-15H2,1H3/t17?,18?,19?,20?,21?,23-,24?/m1/s1. The zero-order valence-corrected chi connectivity index (χ0v) is 17.3. The van der Waals surface area contributed by atoms with Crippen LogP contribution in [-0.2, 0) is 11.3 Å². The van der Waals surface area contributed by atoms with E-state index in [1.165, 1.54) is 18.4 Å². The van der Waals surface area contributed by atoms with Gasteiger partial charge < -0.3 is 19.6 Å². The highest BCUT2D eigenvalue weighted by Crippen LogP contribution is 2.58. The molecule has 29 heavy (non-hydrogen) atoms. The van der Waals surface area contributed by atoms with Crippen LogP contribution in [0.25, 0.3) is 0 Å². The summed E-state index contributed by atoms with van der Waals surface area (Å²) in [5.74, 6) is 1.66. The summed E-state index contributed by atoms with van der Waals surface area (Å²) in [4.78, 5) is 17.7. The van der Waals surface area contributed by atoms with Gasteiger partial charge in [0.1, 0.15) is 0 Å². The average Bonchev–Trinajstić information content (AvgIpc) is 3.11. The van der Waals surface area contributed by atoms with Gasteiger partial charge in [0.2, 0.25) is 0 Å². The van der Waals surface area contributed by atoms with Crippen molar-refractivity contribution in [1.82, 2.24) is 9.80 Å². The number of amides is 2. The lowest BCUT2D eigenvalue weighted by Crippen LogP contribution is -2.62. The van der Waals surface area contributed by atoms with E-state index in [1.54, 1.807) is 0 Å². The van der Waals surface area contributed by atoms with Crippen molar-refractivity contribution in [2.24, 2.45) is 17.8 Å². The molecule has 0 aromatic heterocycles. The first kappa shape index (κ1) is 18.2. The molecule has 0 radical (unpaired) electrons. The molecular formula is C24H32N2O3. The zero-order valence-electron chi connectivity index (χ0n) is 17.3. The molecule has 2 saturated heterocycles. The van der Waals surface area contributed by atoms with Crippen molar-refractivity contribution in [3.63, 3.8) is 0 Å². The van der Waals surface area contributed by atoms with Crippen LogP contribution >= 0.6 is 0 Å². The predicted molar refractivity (Wildman–Crippen MR) is 109 cm³/mol. The Bertz CT molecular complexity index is 798. The van der Waals surface area contributed by atoms with Crippen molar-refractivity contribution in [1.29, 1.82) is 0 Å². The Labute approximate surface area is 173 Å². The molecule has 5 nitrogen and oxygen atoms in total. The van der Waals surface area contributed by atoms with Crippen molar-refractivity contribution >= 4 is 6.03 Å². The molecule has 4 atom stereocenters. The molecule has 2 aliphatic heterocycles. The summed E-state index contributed by atoms with van der Waals surface area (Å²) in [5, 5.41) is 10.9. The molecule has 6 fully saturated rings. The van der Waals surface area contributed by atoms with Crippen LogP contribution < -0.4 is 0 Å². The van der Waals surface area contributed by atoms with Gasteiger partial charge in [-0.25, -0.2) is 4.79 Å². The Morgan fingerprint density at radius 2 is 1.83 bits per heavy atom. The number of nitrogens with zero attached hydrogens (tertiary/aromatic N) is 2. The highest BCUT2D eigenvalue weighted by atomic mass is 16.5. The van der Waals surface area contributed by atoms with Crippen molar-refractivity contribution in [2.45, 2.75) is 75.3 Å². The molecule has 6 aliphatic rings. The second-order valence-electron chi connectivity index (χ2n) is 10.8. The van der Waals surface area contributed by atoms with Crippen LogP contribution in [0, 0.1) is 17.8 Å². The number of carbonyl (C=O) groups excluding carboxylic acids is 1. The number of urea groups is 1. The minimum Gasteiger partial charge on any atom is -0.390 e. The largest absolute Gasteiger partial charge is 0.390 e. The fourth-order valence-electron chi connectivity index (χ4n) is 7.73. The van der Waals surface area contributed by atoms with Crippen LogP contribution in [0.4, 0.5) is 4.79 Å². The van der Waals surface area contributed by atoms with Crippen LogP contribution in [0.5, 0.6) is 0 Å². The molecular weight excluding hydrogens is 364 g/mol. The monoisotopic (exact) mass is 396 g/mol. The average molecular weight is 397 g/mol. The van der Waals surface area contributed by atoms with E-state index >= 15 is 0 Å². The summed E-state index contributed by atoms with van der Waals surface area (Å²) in [6, 6.07) is 10.8. The number of aliphatic hydroxyl groups is 1. The minimum atomic E-state index is -0.438. The first-order chi connectivity index (χ1) is 13.9. The molecule has 156 valence electrons. The van der Waals surface area contributed by atoms with E-state index in [4.69, 9.17) is 4.74 Å². The van der Waals surface area contributed by atoms with E-state index in [9.17, 15) is 9.90 Å². The molecule has 5 heteroatoms. The van der Waals surface area contributed by atoms with Crippen molar-refractivity contribution in [3.05, 3.63) is 35.9 Å². The minimum absolute atomic E-state index is 0.116. The van der Waals surface area contributed by atoms with Crippen LogP contribution in [0.15, 0.2) is 30.3 Å². The lowest BCUT2D eigenvalue weighted by molar-refractivity contribution is -0.153. The SMILES string of the molecule is C[C@]12CC(OCc3ccccc3)CN1C(=O)N(C1C3CC4CC1CC(O)(C4)C3)C2. The first-order valence-electron chi connectivity index (χ1n) is 11.4. The molecule has 1 aromatic rings. The number of fused-ring (bicyclic) bond motifs is 1. The first-order valence-corrected chi connectivity index (χ1v) is 11.4. The number of benzene rings is 1. The third kappa shape index (κ3) is 2.84.